The third kappa shape index (κ3) is 6.53. The van der Waals surface area contributed by atoms with E-state index in [1.165, 1.54) is 11.8 Å². The minimum Gasteiger partial charge on any atom is -0.480 e. The molecule has 0 aromatic rings. The predicted octanol–water partition coefficient (Wildman–Crippen LogP) is 0.826. The van der Waals surface area contributed by atoms with E-state index in [1.807, 2.05) is 0 Å². The molecule has 0 bridgehead atoms. The Kier molecular flexibility index (Phi) is 7.22. The van der Waals surface area contributed by atoms with E-state index < -0.39 is 16.8 Å². The van der Waals surface area contributed by atoms with Crippen LogP contribution in [0.2, 0.25) is 0 Å². The summed E-state index contributed by atoms with van der Waals surface area (Å²) in [5.74, 6) is -0.888. The molecule has 0 saturated heterocycles. The second kappa shape index (κ2) is 7.55. The summed E-state index contributed by atoms with van der Waals surface area (Å²) in [5, 5.41) is 11.6. The first-order chi connectivity index (χ1) is 7.81. The van der Waals surface area contributed by atoms with Crippen LogP contribution in [0.5, 0.6) is 0 Å². The summed E-state index contributed by atoms with van der Waals surface area (Å²) in [7, 11) is 0. The van der Waals surface area contributed by atoms with Crippen molar-refractivity contribution in [3.8, 4) is 0 Å². The smallest absolute Gasteiger partial charge is 0.321 e. The van der Waals surface area contributed by atoms with Gasteiger partial charge >= 0.3 is 5.97 Å². The fourth-order valence-corrected chi connectivity index (χ4v) is 1.98. The molecule has 5 nitrogen and oxygen atoms in total. The summed E-state index contributed by atoms with van der Waals surface area (Å²) in [6.07, 6.45) is 1.98. The highest BCUT2D eigenvalue weighted by molar-refractivity contribution is 8.01. The highest BCUT2D eigenvalue weighted by atomic mass is 32.2. The van der Waals surface area contributed by atoms with Gasteiger partial charge in [0, 0.05) is 11.3 Å². The van der Waals surface area contributed by atoms with Crippen LogP contribution >= 0.6 is 11.8 Å². The van der Waals surface area contributed by atoms with Gasteiger partial charge in [-0.2, -0.15) is 0 Å². The minimum absolute atomic E-state index is 0.0749. The Morgan fingerprint density at radius 2 is 2.06 bits per heavy atom. The lowest BCUT2D eigenvalue weighted by Gasteiger charge is -2.27. The number of aliphatic carboxylic acids is 1. The summed E-state index contributed by atoms with van der Waals surface area (Å²) in [6.45, 7) is 6.18. The molecule has 0 aliphatic heterocycles. The van der Waals surface area contributed by atoms with Crippen molar-refractivity contribution in [2.45, 2.75) is 44.4 Å². The Bertz CT molecular complexity index is 269. The average Bonchev–Trinajstić information content (AvgIpc) is 2.25. The topological polar surface area (TPSA) is 92.4 Å². The van der Waals surface area contributed by atoms with Crippen molar-refractivity contribution >= 4 is 23.6 Å². The third-order valence-corrected chi connectivity index (χ3v) is 3.85. The predicted molar refractivity (Wildman–Crippen MR) is 70.1 cm³/mol. The number of carboxylic acid groups (broad SMARTS) is 1. The van der Waals surface area contributed by atoms with E-state index in [0.29, 0.717) is 6.54 Å². The second-order valence-corrected chi connectivity index (χ2v) is 6.04. The lowest BCUT2D eigenvalue weighted by Crippen LogP contribution is -2.47. The highest BCUT2D eigenvalue weighted by Gasteiger charge is 2.32. The zero-order valence-corrected chi connectivity index (χ0v) is 11.5. The molecule has 0 rings (SSSR count). The summed E-state index contributed by atoms with van der Waals surface area (Å²) in [6, 6.07) is -0.976. The SMILES string of the molecule is CCCCNC(=O)CSC(C)(C)[C@@H](N)C(=O)O. The molecular weight excluding hydrogens is 240 g/mol. The van der Waals surface area contributed by atoms with E-state index >= 15 is 0 Å². The van der Waals surface area contributed by atoms with Gasteiger partial charge in [0.2, 0.25) is 5.91 Å². The van der Waals surface area contributed by atoms with Crippen LogP contribution in [0.25, 0.3) is 0 Å². The first-order valence-corrected chi connectivity index (χ1v) is 6.69. The van der Waals surface area contributed by atoms with E-state index in [2.05, 4.69) is 12.2 Å². The van der Waals surface area contributed by atoms with E-state index in [0.717, 1.165) is 12.8 Å². The van der Waals surface area contributed by atoms with Crippen LogP contribution in [-0.4, -0.2) is 40.1 Å². The van der Waals surface area contributed by atoms with Crippen molar-refractivity contribution in [3.63, 3.8) is 0 Å². The van der Waals surface area contributed by atoms with Crippen LogP contribution in [0.4, 0.5) is 0 Å². The maximum Gasteiger partial charge on any atom is 0.321 e. The van der Waals surface area contributed by atoms with Gasteiger partial charge in [-0.25, -0.2) is 0 Å². The van der Waals surface area contributed by atoms with Crippen molar-refractivity contribution in [2.75, 3.05) is 12.3 Å². The van der Waals surface area contributed by atoms with Gasteiger partial charge in [-0.15, -0.1) is 11.8 Å². The van der Waals surface area contributed by atoms with Crippen LogP contribution in [0.3, 0.4) is 0 Å². The summed E-state index contributed by atoms with van der Waals surface area (Å²) in [4.78, 5) is 22.2. The van der Waals surface area contributed by atoms with Gasteiger partial charge in [-0.3, -0.25) is 9.59 Å². The van der Waals surface area contributed by atoms with E-state index in [1.54, 1.807) is 13.8 Å². The summed E-state index contributed by atoms with van der Waals surface area (Å²) >= 11 is 1.26. The number of nitrogens with one attached hydrogen (secondary N) is 1. The number of carbonyl (C=O) groups excluding carboxylic acids is 1. The molecule has 0 aliphatic carbocycles. The van der Waals surface area contributed by atoms with Crippen molar-refractivity contribution in [3.05, 3.63) is 0 Å². The highest BCUT2D eigenvalue weighted by Crippen LogP contribution is 2.27. The largest absolute Gasteiger partial charge is 0.480 e. The van der Waals surface area contributed by atoms with Gasteiger partial charge in [0.1, 0.15) is 6.04 Å². The molecule has 6 heteroatoms. The normalized spacial score (nSPS) is 13.2. The third-order valence-electron chi connectivity index (χ3n) is 2.44. The summed E-state index contributed by atoms with van der Waals surface area (Å²) < 4.78 is -0.659. The number of unbranched alkanes of at least 4 members (excludes halogenated alkanes) is 1. The average molecular weight is 262 g/mol. The lowest BCUT2D eigenvalue weighted by atomic mass is 10.1. The molecule has 0 aromatic carbocycles. The molecule has 0 aliphatic rings. The first-order valence-electron chi connectivity index (χ1n) is 5.70. The van der Waals surface area contributed by atoms with Crippen LogP contribution in [-0.2, 0) is 9.59 Å². The Balaban J connectivity index is 4.00. The monoisotopic (exact) mass is 262 g/mol. The number of hydrogen-bond acceptors (Lipinski definition) is 4. The number of amides is 1. The van der Waals surface area contributed by atoms with Crippen molar-refractivity contribution in [1.29, 1.82) is 0 Å². The Morgan fingerprint density at radius 3 is 2.53 bits per heavy atom. The maximum absolute atomic E-state index is 11.4. The molecule has 0 fully saturated rings. The number of nitrogens with two attached hydrogens (primary N) is 1. The lowest BCUT2D eigenvalue weighted by molar-refractivity contribution is -0.139. The first kappa shape index (κ1) is 16.2. The van der Waals surface area contributed by atoms with Crippen LogP contribution < -0.4 is 11.1 Å². The van der Waals surface area contributed by atoms with E-state index in [9.17, 15) is 9.59 Å². The number of hydrogen-bond donors (Lipinski definition) is 3. The molecule has 4 N–H and O–H groups in total. The van der Waals surface area contributed by atoms with Gasteiger partial charge < -0.3 is 16.2 Å². The molecule has 0 spiro atoms. The molecule has 0 unspecified atom stereocenters. The molecule has 17 heavy (non-hydrogen) atoms. The molecule has 0 aromatic heterocycles. The van der Waals surface area contributed by atoms with Crippen molar-refractivity contribution in [1.82, 2.24) is 5.32 Å². The zero-order valence-electron chi connectivity index (χ0n) is 10.7. The Labute approximate surface area is 107 Å². The molecule has 1 atom stereocenters. The number of carboxylic acids is 1. The molecule has 1 amide bonds. The fraction of sp³-hybridized carbons (Fsp3) is 0.818. The van der Waals surface area contributed by atoms with Gasteiger partial charge in [0.05, 0.1) is 5.75 Å². The zero-order chi connectivity index (χ0) is 13.5. The van der Waals surface area contributed by atoms with E-state index in [4.69, 9.17) is 10.8 Å². The molecular formula is C11H22N2O3S. The van der Waals surface area contributed by atoms with Gasteiger partial charge in [0.15, 0.2) is 0 Å². The molecule has 100 valence electrons. The summed E-state index contributed by atoms with van der Waals surface area (Å²) in [5.41, 5.74) is 5.55. The van der Waals surface area contributed by atoms with Crippen LogP contribution in [0.1, 0.15) is 33.6 Å². The fourth-order valence-electron chi connectivity index (χ4n) is 1.09. The van der Waals surface area contributed by atoms with Gasteiger partial charge in [0.25, 0.3) is 0 Å². The molecule has 0 heterocycles. The number of thioether (sulfide) groups is 1. The van der Waals surface area contributed by atoms with Gasteiger partial charge in [-0.05, 0) is 20.3 Å². The molecule has 0 radical (unpaired) electrons. The number of rotatable bonds is 8. The number of carbonyl (C=O) groups is 2. The second-order valence-electron chi connectivity index (χ2n) is 4.41. The van der Waals surface area contributed by atoms with E-state index in [-0.39, 0.29) is 11.7 Å². The Hall–Kier alpha value is -0.750. The van der Waals surface area contributed by atoms with Crippen molar-refractivity contribution in [2.24, 2.45) is 5.73 Å². The minimum atomic E-state index is -1.05. The van der Waals surface area contributed by atoms with Crippen molar-refractivity contribution < 1.29 is 14.7 Å². The molecule has 0 saturated carbocycles. The quantitative estimate of drug-likeness (QED) is 0.563. The van der Waals surface area contributed by atoms with Gasteiger partial charge in [-0.1, -0.05) is 13.3 Å². The van der Waals surface area contributed by atoms with Crippen LogP contribution in [0, 0.1) is 0 Å². The standard InChI is InChI=1S/C11H22N2O3S/c1-4-5-6-13-8(14)7-17-11(2,3)9(12)10(15)16/h9H,4-7,12H2,1-3H3,(H,13,14)(H,15,16)/t9-/m0/s1. The maximum atomic E-state index is 11.4. The Morgan fingerprint density at radius 1 is 1.47 bits per heavy atom. The van der Waals surface area contributed by atoms with Crippen LogP contribution in [0.15, 0.2) is 0 Å².